The van der Waals surface area contributed by atoms with Crippen molar-refractivity contribution in [2.75, 3.05) is 18.5 Å². The van der Waals surface area contributed by atoms with Crippen LogP contribution in [0.25, 0.3) is 0 Å². The first-order valence-electron chi connectivity index (χ1n) is 8.48. The van der Waals surface area contributed by atoms with E-state index in [1.807, 2.05) is 45.0 Å². The molecule has 26 heavy (non-hydrogen) atoms. The number of hydrogen-bond donors (Lipinski definition) is 2. The van der Waals surface area contributed by atoms with Crippen LogP contribution in [0, 0.1) is 0 Å². The zero-order valence-electron chi connectivity index (χ0n) is 15.1. The number of hydrogen-bond acceptors (Lipinski definition) is 4. The first-order chi connectivity index (χ1) is 12.3. The summed E-state index contributed by atoms with van der Waals surface area (Å²) in [5, 5.41) is 5.74. The van der Waals surface area contributed by atoms with Crippen LogP contribution in [0.1, 0.15) is 41.5 Å². The van der Waals surface area contributed by atoms with Crippen LogP contribution in [0.15, 0.2) is 52.3 Å². The highest BCUT2D eigenvalue weighted by molar-refractivity contribution is 7.99. The second-order valence-corrected chi connectivity index (χ2v) is 8.06. The lowest BCUT2D eigenvalue weighted by molar-refractivity contribution is -0.000654. The number of carbonyl (C=O) groups excluding carboxylic acids is 2. The van der Waals surface area contributed by atoms with Gasteiger partial charge in [0.25, 0.3) is 11.8 Å². The van der Waals surface area contributed by atoms with E-state index in [1.54, 1.807) is 18.2 Å². The fourth-order valence-electron chi connectivity index (χ4n) is 2.53. The molecule has 1 aliphatic rings. The summed E-state index contributed by atoms with van der Waals surface area (Å²) >= 11 is 1.52. The third kappa shape index (κ3) is 4.45. The Morgan fingerprint density at radius 2 is 1.92 bits per heavy atom. The van der Waals surface area contributed by atoms with Gasteiger partial charge in [-0.15, -0.1) is 0 Å². The molecular formula is C20H22N2O3S. The van der Waals surface area contributed by atoms with Crippen molar-refractivity contribution in [3.63, 3.8) is 0 Å². The van der Waals surface area contributed by atoms with Gasteiger partial charge in [-0.3, -0.25) is 9.59 Å². The van der Waals surface area contributed by atoms with Crippen LogP contribution in [0.4, 0.5) is 5.69 Å². The van der Waals surface area contributed by atoms with Gasteiger partial charge < -0.3 is 15.4 Å². The summed E-state index contributed by atoms with van der Waals surface area (Å²) in [5.74, 6) is -0.352. The standard InChI is InChI=1S/C20H22N2O3S/c1-20(2,3)25-11-10-21-18(23)13-8-9-17-15(12-13)22-19(24)14-6-4-5-7-16(14)26-17/h4-9,12H,10-11H2,1-3H3,(H,21,23)(H,22,24). The lowest BCUT2D eigenvalue weighted by atomic mass is 10.1. The molecule has 5 nitrogen and oxygen atoms in total. The molecule has 2 N–H and O–H groups in total. The molecule has 6 heteroatoms. The van der Waals surface area contributed by atoms with E-state index in [-0.39, 0.29) is 17.4 Å². The van der Waals surface area contributed by atoms with Crippen molar-refractivity contribution in [3.05, 3.63) is 53.6 Å². The van der Waals surface area contributed by atoms with Crippen molar-refractivity contribution in [1.29, 1.82) is 0 Å². The lowest BCUT2D eigenvalue weighted by Gasteiger charge is -2.19. The quantitative estimate of drug-likeness (QED) is 0.800. The summed E-state index contributed by atoms with van der Waals surface area (Å²) < 4.78 is 5.60. The molecule has 2 aromatic rings. The van der Waals surface area contributed by atoms with Gasteiger partial charge in [-0.25, -0.2) is 0 Å². The number of rotatable bonds is 4. The van der Waals surface area contributed by atoms with Crippen molar-refractivity contribution in [2.24, 2.45) is 0 Å². The molecule has 0 bridgehead atoms. The number of nitrogens with one attached hydrogen (secondary N) is 2. The SMILES string of the molecule is CC(C)(C)OCCNC(=O)c1ccc2c(c1)NC(=O)c1ccccc1S2. The largest absolute Gasteiger partial charge is 0.374 e. The predicted molar refractivity (Wildman–Crippen MR) is 103 cm³/mol. The molecule has 2 aromatic carbocycles. The minimum atomic E-state index is -0.231. The van der Waals surface area contributed by atoms with Crippen molar-refractivity contribution in [1.82, 2.24) is 5.32 Å². The minimum Gasteiger partial charge on any atom is -0.374 e. The highest BCUT2D eigenvalue weighted by Gasteiger charge is 2.20. The van der Waals surface area contributed by atoms with Crippen LogP contribution in [0.3, 0.4) is 0 Å². The van der Waals surface area contributed by atoms with E-state index < -0.39 is 0 Å². The second-order valence-electron chi connectivity index (χ2n) is 6.98. The molecule has 0 fully saturated rings. The Hall–Kier alpha value is -2.31. The van der Waals surface area contributed by atoms with Crippen LogP contribution in [-0.2, 0) is 4.74 Å². The summed E-state index contributed by atoms with van der Waals surface area (Å²) in [5.41, 5.74) is 1.56. The van der Waals surface area contributed by atoms with Crippen LogP contribution in [0.5, 0.6) is 0 Å². The normalized spacial score (nSPS) is 13.3. The molecule has 1 heterocycles. The van der Waals surface area contributed by atoms with E-state index >= 15 is 0 Å². The van der Waals surface area contributed by atoms with E-state index in [0.29, 0.717) is 30.0 Å². The molecule has 0 spiro atoms. The van der Waals surface area contributed by atoms with Gasteiger partial charge in [0.15, 0.2) is 0 Å². The highest BCUT2D eigenvalue weighted by Crippen LogP contribution is 2.38. The number of amides is 2. The van der Waals surface area contributed by atoms with Crippen LogP contribution in [-0.4, -0.2) is 30.6 Å². The maximum absolute atomic E-state index is 12.4. The molecule has 0 aliphatic carbocycles. The van der Waals surface area contributed by atoms with Gasteiger partial charge in [0.2, 0.25) is 0 Å². The monoisotopic (exact) mass is 370 g/mol. The smallest absolute Gasteiger partial charge is 0.256 e. The summed E-state index contributed by atoms with van der Waals surface area (Å²) in [6.07, 6.45) is 0. The zero-order valence-corrected chi connectivity index (χ0v) is 15.9. The van der Waals surface area contributed by atoms with Crippen LogP contribution >= 0.6 is 11.8 Å². The van der Waals surface area contributed by atoms with Gasteiger partial charge in [-0.05, 0) is 51.1 Å². The Bertz CT molecular complexity index is 843. The summed E-state index contributed by atoms with van der Waals surface area (Å²) in [7, 11) is 0. The fourth-order valence-corrected chi connectivity index (χ4v) is 3.54. The predicted octanol–water partition coefficient (Wildman–Crippen LogP) is 3.95. The Kier molecular flexibility index (Phi) is 5.34. The van der Waals surface area contributed by atoms with Crippen molar-refractivity contribution < 1.29 is 14.3 Å². The Morgan fingerprint density at radius 3 is 2.69 bits per heavy atom. The summed E-state index contributed by atoms with van der Waals surface area (Å²) in [6, 6.07) is 12.8. The molecule has 136 valence electrons. The lowest BCUT2D eigenvalue weighted by Crippen LogP contribution is -2.30. The van der Waals surface area contributed by atoms with Crippen molar-refractivity contribution in [3.8, 4) is 0 Å². The van der Waals surface area contributed by atoms with Gasteiger partial charge in [0.1, 0.15) is 0 Å². The van der Waals surface area contributed by atoms with E-state index in [1.165, 1.54) is 11.8 Å². The summed E-state index contributed by atoms with van der Waals surface area (Å²) in [6.45, 7) is 6.79. The Labute approximate surface area is 157 Å². The zero-order chi connectivity index (χ0) is 18.7. The molecule has 2 amide bonds. The molecule has 0 aromatic heterocycles. The molecular weight excluding hydrogens is 348 g/mol. The molecule has 0 saturated heterocycles. The average Bonchev–Trinajstić information content (AvgIpc) is 2.73. The van der Waals surface area contributed by atoms with Gasteiger partial charge in [-0.1, -0.05) is 23.9 Å². The highest BCUT2D eigenvalue weighted by atomic mass is 32.2. The Morgan fingerprint density at radius 1 is 1.15 bits per heavy atom. The maximum Gasteiger partial charge on any atom is 0.256 e. The molecule has 0 atom stereocenters. The van der Waals surface area contributed by atoms with Crippen molar-refractivity contribution in [2.45, 2.75) is 36.2 Å². The van der Waals surface area contributed by atoms with Gasteiger partial charge in [0, 0.05) is 21.9 Å². The number of benzene rings is 2. The number of ether oxygens (including phenoxy) is 1. The van der Waals surface area contributed by atoms with E-state index in [4.69, 9.17) is 4.74 Å². The molecule has 0 saturated carbocycles. The molecule has 3 rings (SSSR count). The average molecular weight is 370 g/mol. The number of anilines is 1. The fraction of sp³-hybridized carbons (Fsp3) is 0.300. The van der Waals surface area contributed by atoms with Crippen molar-refractivity contribution >= 4 is 29.3 Å². The summed E-state index contributed by atoms with van der Waals surface area (Å²) in [4.78, 5) is 26.6. The van der Waals surface area contributed by atoms with Gasteiger partial charge >= 0.3 is 0 Å². The number of fused-ring (bicyclic) bond motifs is 2. The third-order valence-corrected chi connectivity index (χ3v) is 4.92. The van der Waals surface area contributed by atoms with Gasteiger partial charge in [-0.2, -0.15) is 0 Å². The molecule has 1 aliphatic heterocycles. The Balaban J connectivity index is 1.70. The van der Waals surface area contributed by atoms with E-state index in [9.17, 15) is 9.59 Å². The molecule has 0 radical (unpaired) electrons. The van der Waals surface area contributed by atoms with E-state index in [0.717, 1.165) is 9.79 Å². The first-order valence-corrected chi connectivity index (χ1v) is 9.29. The third-order valence-electron chi connectivity index (χ3n) is 3.76. The number of carbonyl (C=O) groups is 2. The second kappa shape index (κ2) is 7.51. The first kappa shape index (κ1) is 18.5. The maximum atomic E-state index is 12.4. The topological polar surface area (TPSA) is 67.4 Å². The minimum absolute atomic E-state index is 0.164. The molecule has 0 unspecified atom stereocenters. The van der Waals surface area contributed by atoms with Gasteiger partial charge in [0.05, 0.1) is 23.5 Å². The van der Waals surface area contributed by atoms with Crippen LogP contribution in [0.2, 0.25) is 0 Å². The van der Waals surface area contributed by atoms with Crippen LogP contribution < -0.4 is 10.6 Å². The van der Waals surface area contributed by atoms with E-state index in [2.05, 4.69) is 10.6 Å².